The summed E-state index contributed by atoms with van der Waals surface area (Å²) in [5.74, 6) is -0.349. The van der Waals surface area contributed by atoms with E-state index in [1.54, 1.807) is 6.92 Å². The number of ether oxygens (including phenoxy) is 2. The minimum Gasteiger partial charge on any atom is -0.377 e. The molecule has 2 unspecified atom stereocenters. The van der Waals surface area contributed by atoms with Crippen molar-refractivity contribution in [3.8, 4) is 0 Å². The van der Waals surface area contributed by atoms with Crippen LogP contribution in [0.5, 0.6) is 0 Å². The Bertz CT molecular complexity index is 382. The minimum atomic E-state index is -0.215. The predicted octanol–water partition coefficient (Wildman–Crippen LogP) is 1.03. The van der Waals surface area contributed by atoms with Crippen LogP contribution in [0.25, 0.3) is 0 Å². The van der Waals surface area contributed by atoms with E-state index < -0.39 is 0 Å². The molecular formula is C15H25NO5. The van der Waals surface area contributed by atoms with Crippen LogP contribution < -0.4 is 0 Å². The number of hydrogen-bond acceptors (Lipinski definition) is 5. The van der Waals surface area contributed by atoms with Crippen LogP contribution in [0.3, 0.4) is 0 Å². The zero-order valence-electron chi connectivity index (χ0n) is 13.1. The number of rotatable bonds is 10. The van der Waals surface area contributed by atoms with E-state index in [4.69, 9.17) is 9.47 Å². The van der Waals surface area contributed by atoms with E-state index in [-0.39, 0.29) is 42.6 Å². The summed E-state index contributed by atoms with van der Waals surface area (Å²) in [5, 5.41) is 0. The molecule has 0 aliphatic carbocycles. The van der Waals surface area contributed by atoms with Crippen LogP contribution in [0.15, 0.2) is 0 Å². The lowest BCUT2D eigenvalue weighted by atomic mass is 10.1. The van der Waals surface area contributed by atoms with Crippen LogP contribution in [0.4, 0.5) is 0 Å². The van der Waals surface area contributed by atoms with Gasteiger partial charge in [-0.3, -0.25) is 19.3 Å². The van der Waals surface area contributed by atoms with Crippen molar-refractivity contribution in [2.45, 2.75) is 33.6 Å². The van der Waals surface area contributed by atoms with Gasteiger partial charge in [0.25, 0.3) is 0 Å². The molecule has 0 bridgehead atoms. The predicted molar refractivity (Wildman–Crippen MR) is 76.6 cm³/mol. The molecule has 1 aliphatic rings. The quantitative estimate of drug-likeness (QED) is 0.445. The Labute approximate surface area is 125 Å². The molecule has 0 aromatic carbocycles. The number of hydrogen-bond donors (Lipinski definition) is 0. The average Bonchev–Trinajstić information content (AvgIpc) is 2.70. The first-order valence-corrected chi connectivity index (χ1v) is 7.49. The second-order valence-corrected chi connectivity index (χ2v) is 5.43. The van der Waals surface area contributed by atoms with Gasteiger partial charge in [-0.1, -0.05) is 20.8 Å². The first-order valence-electron chi connectivity index (χ1n) is 7.49. The van der Waals surface area contributed by atoms with Gasteiger partial charge < -0.3 is 9.47 Å². The third kappa shape index (κ3) is 5.55. The molecule has 0 aromatic heterocycles. The second kappa shape index (κ2) is 8.89. The largest absolute Gasteiger partial charge is 0.377 e. The van der Waals surface area contributed by atoms with Gasteiger partial charge in [-0.15, -0.1) is 0 Å². The van der Waals surface area contributed by atoms with Crippen molar-refractivity contribution >= 4 is 17.6 Å². The Morgan fingerprint density at radius 1 is 1.29 bits per heavy atom. The maximum atomic E-state index is 11.6. The summed E-state index contributed by atoms with van der Waals surface area (Å²) in [6.07, 6.45) is 1.11. The molecule has 6 heteroatoms. The van der Waals surface area contributed by atoms with Crippen LogP contribution in [0, 0.1) is 11.8 Å². The zero-order chi connectivity index (χ0) is 15.8. The fraction of sp³-hybridized carbons (Fsp3) is 0.800. The molecule has 1 aliphatic heterocycles. The van der Waals surface area contributed by atoms with E-state index in [9.17, 15) is 14.4 Å². The molecule has 1 fully saturated rings. The van der Waals surface area contributed by atoms with Crippen LogP contribution in [-0.4, -0.2) is 55.5 Å². The molecule has 1 rings (SSSR count). The molecule has 0 aromatic rings. The summed E-state index contributed by atoms with van der Waals surface area (Å²) in [5.41, 5.74) is 0. The van der Waals surface area contributed by atoms with Crippen molar-refractivity contribution in [1.29, 1.82) is 0 Å². The molecule has 120 valence electrons. The lowest BCUT2D eigenvalue weighted by molar-refractivity contribution is -0.140. The molecule has 21 heavy (non-hydrogen) atoms. The van der Waals surface area contributed by atoms with Gasteiger partial charge >= 0.3 is 0 Å². The SMILES string of the molecule is CCC(C)C(=O)COCCOCCN1C(=O)CC(C)C1=O. The Hall–Kier alpha value is -1.27. The van der Waals surface area contributed by atoms with Crippen LogP contribution in [0.2, 0.25) is 0 Å². The molecule has 0 spiro atoms. The summed E-state index contributed by atoms with van der Waals surface area (Å²) < 4.78 is 10.5. The number of imide groups is 1. The Morgan fingerprint density at radius 2 is 1.95 bits per heavy atom. The Kier molecular flexibility index (Phi) is 7.53. The van der Waals surface area contributed by atoms with Crippen molar-refractivity contribution in [3.63, 3.8) is 0 Å². The van der Waals surface area contributed by atoms with Crippen molar-refractivity contribution in [2.24, 2.45) is 11.8 Å². The molecular weight excluding hydrogens is 274 g/mol. The third-order valence-electron chi connectivity index (χ3n) is 3.71. The third-order valence-corrected chi connectivity index (χ3v) is 3.71. The highest BCUT2D eigenvalue weighted by Crippen LogP contribution is 2.17. The summed E-state index contributed by atoms with van der Waals surface area (Å²) in [6.45, 7) is 6.98. The number of amides is 2. The number of likely N-dealkylation sites (tertiary alicyclic amines) is 1. The van der Waals surface area contributed by atoms with E-state index in [1.807, 2.05) is 13.8 Å². The Morgan fingerprint density at radius 3 is 2.52 bits per heavy atom. The van der Waals surface area contributed by atoms with Gasteiger partial charge in [0, 0.05) is 18.3 Å². The van der Waals surface area contributed by atoms with E-state index >= 15 is 0 Å². The van der Waals surface area contributed by atoms with Crippen molar-refractivity contribution < 1.29 is 23.9 Å². The lowest BCUT2D eigenvalue weighted by Crippen LogP contribution is -2.33. The van der Waals surface area contributed by atoms with E-state index in [0.29, 0.717) is 26.2 Å². The fourth-order valence-corrected chi connectivity index (χ4v) is 2.00. The van der Waals surface area contributed by atoms with Gasteiger partial charge in [0.15, 0.2) is 5.78 Å². The monoisotopic (exact) mass is 299 g/mol. The van der Waals surface area contributed by atoms with Gasteiger partial charge in [-0.2, -0.15) is 0 Å². The summed E-state index contributed by atoms with van der Waals surface area (Å²) >= 11 is 0. The van der Waals surface area contributed by atoms with Crippen LogP contribution >= 0.6 is 0 Å². The normalized spacial score (nSPS) is 20.1. The van der Waals surface area contributed by atoms with E-state index in [1.165, 1.54) is 4.90 Å². The first kappa shape index (κ1) is 17.8. The smallest absolute Gasteiger partial charge is 0.232 e. The summed E-state index contributed by atoms with van der Waals surface area (Å²) in [7, 11) is 0. The highest BCUT2D eigenvalue weighted by molar-refractivity contribution is 6.03. The van der Waals surface area contributed by atoms with Gasteiger partial charge in [-0.05, 0) is 6.42 Å². The van der Waals surface area contributed by atoms with Gasteiger partial charge in [0.05, 0.1) is 26.4 Å². The molecule has 1 saturated heterocycles. The maximum Gasteiger partial charge on any atom is 0.232 e. The minimum absolute atomic E-state index is 0.0279. The average molecular weight is 299 g/mol. The number of carbonyl (C=O) groups is 3. The summed E-state index contributed by atoms with van der Waals surface area (Å²) in [4.78, 5) is 35.9. The highest BCUT2D eigenvalue weighted by Gasteiger charge is 2.34. The molecule has 2 atom stereocenters. The Balaban J connectivity index is 2.04. The first-order chi connectivity index (χ1) is 9.97. The fourth-order valence-electron chi connectivity index (χ4n) is 2.00. The van der Waals surface area contributed by atoms with Gasteiger partial charge in [-0.25, -0.2) is 0 Å². The lowest BCUT2D eigenvalue weighted by Gasteiger charge is -2.14. The zero-order valence-corrected chi connectivity index (χ0v) is 13.1. The van der Waals surface area contributed by atoms with Crippen molar-refractivity contribution in [3.05, 3.63) is 0 Å². The molecule has 2 amide bonds. The van der Waals surface area contributed by atoms with Crippen molar-refractivity contribution in [1.82, 2.24) is 4.90 Å². The number of ketones is 1. The molecule has 0 saturated carbocycles. The molecule has 1 heterocycles. The number of Topliss-reactive ketones (excluding diaryl/α,β-unsaturated/α-hetero) is 1. The van der Waals surface area contributed by atoms with Crippen molar-refractivity contribution in [2.75, 3.05) is 33.0 Å². The standard InChI is InChI=1S/C15H25NO5/c1-4-11(2)13(17)10-21-8-7-20-6-5-16-14(18)9-12(3)15(16)19/h11-12H,4-10H2,1-3H3. The maximum absolute atomic E-state index is 11.6. The molecule has 0 radical (unpaired) electrons. The van der Waals surface area contributed by atoms with Gasteiger partial charge in [0.2, 0.25) is 11.8 Å². The molecule has 0 N–H and O–H groups in total. The van der Waals surface area contributed by atoms with E-state index in [2.05, 4.69) is 0 Å². The second-order valence-electron chi connectivity index (χ2n) is 5.43. The topological polar surface area (TPSA) is 72.9 Å². The van der Waals surface area contributed by atoms with E-state index in [0.717, 1.165) is 6.42 Å². The van der Waals surface area contributed by atoms with Crippen LogP contribution in [0.1, 0.15) is 33.6 Å². The molecule has 6 nitrogen and oxygen atoms in total. The summed E-state index contributed by atoms with van der Waals surface area (Å²) in [6, 6.07) is 0. The highest BCUT2D eigenvalue weighted by atomic mass is 16.5. The number of nitrogens with zero attached hydrogens (tertiary/aromatic N) is 1. The number of carbonyl (C=O) groups excluding carboxylic acids is 3. The van der Waals surface area contributed by atoms with Gasteiger partial charge in [0.1, 0.15) is 6.61 Å². The van der Waals surface area contributed by atoms with Crippen LogP contribution in [-0.2, 0) is 23.9 Å².